The number of nitrogens with two attached hydrogens (primary N) is 2. The van der Waals surface area contributed by atoms with Gasteiger partial charge < -0.3 is 95.6 Å². The van der Waals surface area contributed by atoms with Gasteiger partial charge in [0.15, 0.2) is 0 Å². The van der Waals surface area contributed by atoms with E-state index in [-0.39, 0.29) is 93.3 Å². The molecule has 1 heterocycles. The molecule has 4 rings (SSSR count). The minimum atomic E-state index is -1.75. The van der Waals surface area contributed by atoms with Crippen LogP contribution in [0.5, 0.6) is 5.75 Å². The summed E-state index contributed by atoms with van der Waals surface area (Å²) in [5, 5.41) is 63.2. The molecule has 0 bridgehead atoms. The summed E-state index contributed by atoms with van der Waals surface area (Å²) in [6, 6.07) is 4.08. The molecule has 1 aromatic heterocycles. The number of amides is 12. The number of unbranched alkanes of at least 4 members (excludes halogenated alkanes) is 1. The fourth-order valence-corrected chi connectivity index (χ4v) is 13.1. The highest BCUT2D eigenvalue weighted by atomic mass is 16.4. The van der Waals surface area contributed by atoms with Gasteiger partial charge in [-0.3, -0.25) is 67.1 Å². The molecule has 0 saturated heterocycles. The van der Waals surface area contributed by atoms with E-state index in [1.54, 1.807) is 102 Å². The monoisotopic (exact) mass is 1620 g/mol. The summed E-state index contributed by atoms with van der Waals surface area (Å²) in [5.74, 6) is -14.5. The molecule has 20 N–H and O–H groups in total. The quantitative estimate of drug-likeness (QED) is 0.0277. The van der Waals surface area contributed by atoms with Crippen molar-refractivity contribution in [2.75, 3.05) is 6.54 Å². The van der Waals surface area contributed by atoms with Crippen LogP contribution in [0.25, 0.3) is 10.9 Å². The number of nitrogens with one attached hydrogen (secondary N) is 13. The number of phenolic OH excluding ortho intramolecular Hbond substituents is 1. The molecule has 0 unspecified atom stereocenters. The number of carbonyl (C=O) groups is 14. The first-order valence-corrected chi connectivity index (χ1v) is 40.5. The van der Waals surface area contributed by atoms with Crippen molar-refractivity contribution in [1.82, 2.24) is 68.8 Å². The van der Waals surface area contributed by atoms with Gasteiger partial charge in [0.25, 0.3) is 0 Å². The summed E-state index contributed by atoms with van der Waals surface area (Å²) < 4.78 is 0. The smallest absolute Gasteiger partial charge is 0.325 e. The van der Waals surface area contributed by atoms with Gasteiger partial charge in [-0.15, -0.1) is 0 Å². The van der Waals surface area contributed by atoms with Crippen LogP contribution < -0.4 is 75.3 Å². The lowest BCUT2D eigenvalue weighted by molar-refractivity contribution is -0.142. The number of phenols is 1. The number of carbonyl (C=O) groups excluding carboxylic acids is 12. The number of benzene rings is 3. The number of aliphatic carboxylic acids is 2. The maximum absolute atomic E-state index is 15.0. The lowest BCUT2D eigenvalue weighted by Crippen LogP contribution is -2.62. The number of hydrogen-bond acceptors (Lipinski definition) is 17. The van der Waals surface area contributed by atoms with Crippen molar-refractivity contribution in [2.45, 2.75) is 272 Å². The minimum absolute atomic E-state index is 0.00856. The fraction of sp³-hybridized carbons (Fsp3) is 0.595. The summed E-state index contributed by atoms with van der Waals surface area (Å²) in [7, 11) is 0. The fourth-order valence-electron chi connectivity index (χ4n) is 13.1. The predicted molar refractivity (Wildman–Crippen MR) is 440 cm³/mol. The normalized spacial score (nSPS) is 15.2. The highest BCUT2D eigenvalue weighted by molar-refractivity contribution is 6.00. The Kier molecular flexibility index (Phi) is 41.1. The van der Waals surface area contributed by atoms with Crippen LogP contribution in [0.3, 0.4) is 0 Å². The molecule has 0 saturated carbocycles. The first-order chi connectivity index (χ1) is 54.6. The van der Waals surface area contributed by atoms with E-state index in [4.69, 9.17) is 11.5 Å². The van der Waals surface area contributed by atoms with Gasteiger partial charge in [-0.25, -0.2) is 0 Å². The number of hydrogen-bond donors (Lipinski definition) is 18. The van der Waals surface area contributed by atoms with Crippen LogP contribution in [-0.4, -0.2) is 188 Å². The van der Waals surface area contributed by atoms with Gasteiger partial charge in [-0.05, 0) is 148 Å². The molecule has 0 fully saturated rings. The van der Waals surface area contributed by atoms with Crippen molar-refractivity contribution in [1.29, 1.82) is 0 Å². The summed E-state index contributed by atoms with van der Waals surface area (Å²) in [6.07, 6.45) is 1.55. The van der Waals surface area contributed by atoms with Gasteiger partial charge in [0.05, 0.1) is 6.04 Å². The van der Waals surface area contributed by atoms with Crippen LogP contribution in [0.15, 0.2) is 85.1 Å². The molecular weight excluding hydrogens is 1490 g/mol. The third-order valence-electron chi connectivity index (χ3n) is 19.7. The maximum atomic E-state index is 15.0. The molecule has 4 aromatic rings. The van der Waals surface area contributed by atoms with Crippen LogP contribution in [0.4, 0.5) is 0 Å². The van der Waals surface area contributed by atoms with E-state index in [0.717, 1.165) is 0 Å². The number of aromatic nitrogens is 1. The number of aromatic amines is 1. The molecule has 642 valence electrons. The minimum Gasteiger partial charge on any atom is -0.508 e. The van der Waals surface area contributed by atoms with E-state index in [1.165, 1.54) is 31.2 Å². The molecule has 3 aromatic carbocycles. The molecule has 12 amide bonds. The highest BCUT2D eigenvalue weighted by Crippen LogP contribution is 2.22. The second-order valence-corrected chi connectivity index (χ2v) is 32.8. The molecule has 0 aliphatic rings. The molecule has 14 atom stereocenters. The highest BCUT2D eigenvalue weighted by Gasteiger charge is 2.40. The van der Waals surface area contributed by atoms with Gasteiger partial charge in [0, 0.05) is 42.8 Å². The maximum Gasteiger partial charge on any atom is 0.325 e. The number of H-pyrrole nitrogens is 1. The molecule has 0 radical (unpaired) electrons. The van der Waals surface area contributed by atoms with E-state index in [0.29, 0.717) is 53.3 Å². The van der Waals surface area contributed by atoms with Crippen LogP contribution in [-0.2, 0) is 86.4 Å². The van der Waals surface area contributed by atoms with Gasteiger partial charge in [-0.1, -0.05) is 164 Å². The summed E-state index contributed by atoms with van der Waals surface area (Å²) >= 11 is 0. The zero-order chi connectivity index (χ0) is 86.8. The van der Waals surface area contributed by atoms with E-state index in [9.17, 15) is 77.6 Å². The van der Waals surface area contributed by atoms with Crippen LogP contribution in [0, 0.1) is 41.4 Å². The van der Waals surface area contributed by atoms with Crippen molar-refractivity contribution in [3.63, 3.8) is 0 Å². The largest absolute Gasteiger partial charge is 0.508 e. The Balaban J connectivity index is 1.68. The lowest BCUT2D eigenvalue weighted by Gasteiger charge is -2.30. The molecule has 0 aliphatic heterocycles. The number of fused-ring (bicyclic) bond motifs is 1. The van der Waals surface area contributed by atoms with E-state index >= 15 is 4.79 Å². The standard InChI is InChI=1S/C84H129N15O17/c1-16-51(14)71(83(114)88-52(15)84(115)116)99-74(105)60(28-22-23-35-85)89-80(111)68(43-55-44-87-59-27-21-20-26-57(55)59)96-73(104)61(33-34-69(101)102)90-78(109)67(42-54-29-31-56(100)32-30-54)97-82(113)70(50(12)13)98-81(112)65(40-49(10)11)94-77(108)63(38-47(6)7)92-76(107)64(39-48(8)9)93-79(110)66(41-53-24-18-17-19-25-53)95-75(106)62(37-46(4)5)91-72(103)58(86)36-45(2)3/h17-21,24-27,29-32,44-52,58,60-68,70-71,87,100H,16,22-23,28,33-43,85-86H2,1-15H3,(H,88,114)(H,89,111)(H,90,109)(H,91,103)(H,92,107)(H,93,110)(H,94,108)(H,95,106)(H,96,104)(H,97,113)(H,98,112)(H,99,105)(H,101,102)(H,115,116)/t51-,52-,58-,60-,61-,62-,63-,64-,65-,66-,67-,68-,70-,71-/m0/s1. The Morgan fingerprint density at radius 2 is 0.759 bits per heavy atom. The summed E-state index contributed by atoms with van der Waals surface area (Å²) in [5.41, 5.74) is 14.3. The molecule has 116 heavy (non-hydrogen) atoms. The van der Waals surface area contributed by atoms with Crippen LogP contribution in [0.2, 0.25) is 0 Å². The summed E-state index contributed by atoms with van der Waals surface area (Å²) in [6.45, 7) is 26.6. The third-order valence-corrected chi connectivity index (χ3v) is 19.7. The topological polar surface area (TPSA) is 512 Å². The van der Waals surface area contributed by atoms with Crippen molar-refractivity contribution in [3.8, 4) is 5.75 Å². The zero-order valence-corrected chi connectivity index (χ0v) is 69.9. The van der Waals surface area contributed by atoms with Crippen molar-refractivity contribution in [3.05, 3.63) is 102 Å². The molecule has 0 aliphatic carbocycles. The van der Waals surface area contributed by atoms with E-state index < -0.39 is 186 Å². The first-order valence-electron chi connectivity index (χ1n) is 40.5. The molecular formula is C84H129N15O17. The Morgan fingerprint density at radius 1 is 0.388 bits per heavy atom. The molecule has 32 nitrogen and oxygen atoms in total. The SMILES string of the molecule is CC[C@H](C)[C@H](NC(=O)[C@H](CCCCN)NC(=O)[C@H](Cc1c[nH]c2ccccc12)NC(=O)[C@H](CCC(=O)O)NC(=O)[C@H](Cc1ccc(O)cc1)NC(=O)[C@@H](NC(=O)[C@H](CC(C)C)NC(=O)[C@H](CC(C)C)NC(=O)[C@H](CC(C)C)NC(=O)[C@H](Cc1ccccc1)NC(=O)[C@H](CC(C)C)NC(=O)[C@@H](N)CC(C)C)C(C)C)C(=O)N[C@@H](C)C(=O)O. The van der Waals surface area contributed by atoms with Gasteiger partial charge in [0.2, 0.25) is 70.9 Å². The number of aromatic hydroxyl groups is 1. The number of para-hydroxylation sites is 1. The average molecular weight is 1620 g/mol. The van der Waals surface area contributed by atoms with E-state index in [2.05, 4.69) is 68.8 Å². The van der Waals surface area contributed by atoms with Crippen molar-refractivity contribution >= 4 is 93.7 Å². The second-order valence-electron chi connectivity index (χ2n) is 32.8. The zero-order valence-electron chi connectivity index (χ0n) is 69.9. The number of carboxylic acids is 2. The van der Waals surface area contributed by atoms with Crippen molar-refractivity contribution in [2.24, 2.45) is 52.9 Å². The Hall–Kier alpha value is -10.5. The first kappa shape index (κ1) is 97.9. The van der Waals surface area contributed by atoms with Crippen LogP contribution in [0.1, 0.15) is 191 Å². The molecule has 32 heteroatoms. The number of rotatable bonds is 51. The van der Waals surface area contributed by atoms with Crippen LogP contribution >= 0.6 is 0 Å². The Bertz CT molecular complexity index is 3910. The molecule has 0 spiro atoms. The summed E-state index contributed by atoms with van der Waals surface area (Å²) in [4.78, 5) is 202. The average Bonchev–Trinajstić information content (AvgIpc) is 1.45. The van der Waals surface area contributed by atoms with Gasteiger partial charge in [-0.2, -0.15) is 0 Å². The lowest BCUT2D eigenvalue weighted by atomic mass is 9.97. The Labute approximate surface area is 681 Å². The van der Waals surface area contributed by atoms with Crippen molar-refractivity contribution < 1.29 is 82.4 Å². The van der Waals surface area contributed by atoms with E-state index in [1.807, 2.05) is 55.4 Å². The second kappa shape index (κ2) is 48.8. The van der Waals surface area contributed by atoms with Gasteiger partial charge >= 0.3 is 11.9 Å². The van der Waals surface area contributed by atoms with Gasteiger partial charge in [0.1, 0.15) is 78.3 Å². The predicted octanol–water partition coefficient (Wildman–Crippen LogP) is 4.08. The third kappa shape index (κ3) is 33.7. The Morgan fingerprint density at radius 3 is 1.21 bits per heavy atom. The number of carboxylic acid groups (broad SMARTS) is 2.